The zero-order valence-corrected chi connectivity index (χ0v) is 15.7. The van der Waals surface area contributed by atoms with Crippen LogP contribution in [0.3, 0.4) is 0 Å². The summed E-state index contributed by atoms with van der Waals surface area (Å²) in [4.78, 5) is 17.5. The highest BCUT2D eigenvalue weighted by Gasteiger charge is 2.19. The average molecular weight is 369 g/mol. The molecule has 0 spiro atoms. The maximum Gasteiger partial charge on any atom is 0.272 e. The Morgan fingerprint density at radius 2 is 1.88 bits per heavy atom. The van der Waals surface area contributed by atoms with Gasteiger partial charge < -0.3 is 9.88 Å². The first-order valence-corrected chi connectivity index (χ1v) is 8.65. The van der Waals surface area contributed by atoms with Gasteiger partial charge in [-0.15, -0.1) is 0 Å². The van der Waals surface area contributed by atoms with Crippen LogP contribution in [0.25, 0.3) is 5.69 Å². The van der Waals surface area contributed by atoms with Crippen LogP contribution >= 0.6 is 12.2 Å². The molecule has 0 saturated carbocycles. The number of amides is 1. The summed E-state index contributed by atoms with van der Waals surface area (Å²) >= 11 is 5.30. The van der Waals surface area contributed by atoms with E-state index in [1.165, 1.54) is 17.7 Å². The summed E-state index contributed by atoms with van der Waals surface area (Å²) in [7, 11) is 1.76. The summed E-state index contributed by atoms with van der Waals surface area (Å²) in [5.41, 5.74) is 4.48. The molecule has 6 heteroatoms. The minimum absolute atomic E-state index is 0.165. The number of nitrogens with zero attached hydrogens (tertiary/aromatic N) is 2. The van der Waals surface area contributed by atoms with Gasteiger partial charge in [-0.3, -0.25) is 9.36 Å². The number of rotatable bonds is 4. The van der Waals surface area contributed by atoms with Gasteiger partial charge in [0.25, 0.3) is 5.91 Å². The fourth-order valence-electron chi connectivity index (χ4n) is 2.92. The number of H-pyrrole nitrogens is 1. The molecule has 1 aromatic heterocycles. The molecule has 134 valence electrons. The Labute approximate surface area is 156 Å². The molecule has 1 heterocycles. The van der Waals surface area contributed by atoms with Crippen LogP contribution in [0.1, 0.15) is 27.2 Å². The average Bonchev–Trinajstić information content (AvgIpc) is 2.99. The maximum atomic E-state index is 13.2. The molecule has 0 atom stereocenters. The molecule has 0 fully saturated rings. The second-order valence-electron chi connectivity index (χ2n) is 6.38. The number of carbonyl (C=O) groups is 1. The smallest absolute Gasteiger partial charge is 0.272 e. The van der Waals surface area contributed by atoms with Crippen molar-refractivity contribution in [1.82, 2.24) is 14.5 Å². The summed E-state index contributed by atoms with van der Waals surface area (Å²) in [6, 6.07) is 12.1. The second kappa shape index (κ2) is 7.25. The van der Waals surface area contributed by atoms with Crippen molar-refractivity contribution in [3.05, 3.63) is 81.6 Å². The number of nitrogens with one attached hydrogen (secondary N) is 1. The SMILES string of the molecule is Cc1ccc(CN(C)C(=O)c2c[nH]c(=S)n2-c2ccc(F)cc2)c(C)c1. The summed E-state index contributed by atoms with van der Waals surface area (Å²) < 4.78 is 15.2. The molecule has 0 aliphatic carbocycles. The van der Waals surface area contributed by atoms with E-state index >= 15 is 0 Å². The van der Waals surface area contributed by atoms with Gasteiger partial charge in [0.05, 0.1) is 0 Å². The highest BCUT2D eigenvalue weighted by Crippen LogP contribution is 2.17. The van der Waals surface area contributed by atoms with E-state index in [1.807, 2.05) is 26.0 Å². The molecule has 1 N–H and O–H groups in total. The highest BCUT2D eigenvalue weighted by molar-refractivity contribution is 7.71. The number of benzene rings is 2. The van der Waals surface area contributed by atoms with Crippen molar-refractivity contribution < 1.29 is 9.18 Å². The van der Waals surface area contributed by atoms with E-state index in [2.05, 4.69) is 11.1 Å². The molecule has 0 unspecified atom stereocenters. The highest BCUT2D eigenvalue weighted by atomic mass is 32.1. The van der Waals surface area contributed by atoms with E-state index < -0.39 is 0 Å². The Kier molecular flexibility index (Phi) is 5.04. The first-order chi connectivity index (χ1) is 12.4. The number of halogens is 1. The van der Waals surface area contributed by atoms with Crippen molar-refractivity contribution in [3.8, 4) is 5.69 Å². The lowest BCUT2D eigenvalue weighted by Crippen LogP contribution is -2.28. The van der Waals surface area contributed by atoms with Gasteiger partial charge in [0.1, 0.15) is 11.5 Å². The van der Waals surface area contributed by atoms with E-state index in [1.54, 1.807) is 34.8 Å². The van der Waals surface area contributed by atoms with Gasteiger partial charge in [-0.1, -0.05) is 23.8 Å². The maximum absolute atomic E-state index is 13.2. The quantitative estimate of drug-likeness (QED) is 0.685. The molecule has 3 rings (SSSR count). The summed E-state index contributed by atoms with van der Waals surface area (Å²) in [5.74, 6) is -0.503. The third kappa shape index (κ3) is 3.60. The van der Waals surface area contributed by atoms with Crippen molar-refractivity contribution in [2.75, 3.05) is 7.05 Å². The number of aryl methyl sites for hydroxylation is 2. The summed E-state index contributed by atoms with van der Waals surface area (Å²) in [5, 5.41) is 0. The predicted octanol–water partition coefficient (Wildman–Crippen LogP) is 4.56. The van der Waals surface area contributed by atoms with Crippen molar-refractivity contribution in [2.45, 2.75) is 20.4 Å². The van der Waals surface area contributed by atoms with E-state index in [9.17, 15) is 9.18 Å². The van der Waals surface area contributed by atoms with Crippen LogP contribution in [0.2, 0.25) is 0 Å². The second-order valence-corrected chi connectivity index (χ2v) is 6.77. The van der Waals surface area contributed by atoms with Crippen LogP contribution in [-0.2, 0) is 6.54 Å². The minimum Gasteiger partial charge on any atom is -0.336 e. The molecule has 2 aromatic carbocycles. The van der Waals surface area contributed by atoms with Crippen LogP contribution in [0, 0.1) is 24.4 Å². The molecule has 0 bridgehead atoms. The fourth-order valence-corrected chi connectivity index (χ4v) is 3.18. The van der Waals surface area contributed by atoms with Crippen LogP contribution < -0.4 is 0 Å². The largest absolute Gasteiger partial charge is 0.336 e. The number of aromatic amines is 1. The lowest BCUT2D eigenvalue weighted by Gasteiger charge is -2.19. The summed E-state index contributed by atoms with van der Waals surface area (Å²) in [6.07, 6.45) is 1.59. The van der Waals surface area contributed by atoms with Gasteiger partial charge in [0.15, 0.2) is 4.77 Å². The number of carbonyl (C=O) groups excluding carboxylic acids is 1. The molecule has 3 aromatic rings. The zero-order chi connectivity index (χ0) is 18.8. The van der Waals surface area contributed by atoms with Gasteiger partial charge in [0.2, 0.25) is 0 Å². The van der Waals surface area contributed by atoms with Crippen molar-refractivity contribution in [2.24, 2.45) is 0 Å². The van der Waals surface area contributed by atoms with Crippen LogP contribution in [0.4, 0.5) is 4.39 Å². The van der Waals surface area contributed by atoms with E-state index in [-0.39, 0.29) is 11.7 Å². The Morgan fingerprint density at radius 3 is 2.54 bits per heavy atom. The molecular formula is C20H20FN3OS. The van der Waals surface area contributed by atoms with Crippen molar-refractivity contribution in [3.63, 3.8) is 0 Å². The molecule has 4 nitrogen and oxygen atoms in total. The van der Waals surface area contributed by atoms with Crippen molar-refractivity contribution >= 4 is 18.1 Å². The third-order valence-corrected chi connectivity index (χ3v) is 4.63. The number of aromatic nitrogens is 2. The number of hydrogen-bond acceptors (Lipinski definition) is 2. The zero-order valence-electron chi connectivity index (χ0n) is 14.9. The monoisotopic (exact) mass is 369 g/mol. The molecular weight excluding hydrogens is 349 g/mol. The molecule has 0 saturated heterocycles. The molecule has 26 heavy (non-hydrogen) atoms. The van der Waals surface area contributed by atoms with E-state index in [4.69, 9.17) is 12.2 Å². The normalized spacial score (nSPS) is 10.8. The van der Waals surface area contributed by atoms with Crippen LogP contribution in [-0.4, -0.2) is 27.4 Å². The van der Waals surface area contributed by atoms with Crippen LogP contribution in [0.5, 0.6) is 0 Å². The van der Waals surface area contributed by atoms with Gasteiger partial charge in [-0.25, -0.2) is 4.39 Å². The third-order valence-electron chi connectivity index (χ3n) is 4.33. The Bertz CT molecular complexity index is 1000. The summed E-state index contributed by atoms with van der Waals surface area (Å²) in [6.45, 7) is 4.57. The fraction of sp³-hybridized carbons (Fsp3) is 0.200. The molecule has 0 aliphatic heterocycles. The Morgan fingerprint density at radius 1 is 1.19 bits per heavy atom. The number of hydrogen-bond donors (Lipinski definition) is 1. The first kappa shape index (κ1) is 18.1. The molecule has 0 radical (unpaired) electrons. The standard InChI is InChI=1S/C20H20FN3OS/c1-13-4-5-15(14(2)10-13)12-23(3)19(25)18-11-22-20(26)24(18)17-8-6-16(21)7-9-17/h4-11H,12H2,1-3H3,(H,22,26). The van der Waals surface area contributed by atoms with Gasteiger partial charge in [0, 0.05) is 25.5 Å². The van der Waals surface area contributed by atoms with Crippen LogP contribution in [0.15, 0.2) is 48.7 Å². The van der Waals surface area contributed by atoms with Gasteiger partial charge in [-0.05, 0) is 61.5 Å². The van der Waals surface area contributed by atoms with E-state index in [0.717, 1.165) is 11.1 Å². The van der Waals surface area contributed by atoms with Gasteiger partial charge in [-0.2, -0.15) is 0 Å². The lowest BCUT2D eigenvalue weighted by molar-refractivity contribution is 0.0777. The predicted molar refractivity (Wildman–Crippen MR) is 103 cm³/mol. The molecule has 1 amide bonds. The molecule has 0 aliphatic rings. The Balaban J connectivity index is 1.90. The number of imidazole rings is 1. The van der Waals surface area contributed by atoms with E-state index in [0.29, 0.717) is 22.7 Å². The lowest BCUT2D eigenvalue weighted by atomic mass is 10.1. The minimum atomic E-state index is -0.337. The van der Waals surface area contributed by atoms with Gasteiger partial charge >= 0.3 is 0 Å². The Hall–Kier alpha value is -2.73. The van der Waals surface area contributed by atoms with Crippen molar-refractivity contribution in [1.29, 1.82) is 0 Å². The first-order valence-electron chi connectivity index (χ1n) is 8.25. The topological polar surface area (TPSA) is 41.0 Å².